The molecule has 0 bridgehead atoms. The number of halogens is 1. The maximum absolute atomic E-state index is 11.8. The Hall–Kier alpha value is -0.700. The van der Waals surface area contributed by atoms with E-state index in [1.54, 1.807) is 6.07 Å². The molecule has 1 rings (SSSR count). The Morgan fingerprint density at radius 1 is 1.50 bits per heavy atom. The van der Waals surface area contributed by atoms with E-state index in [4.69, 9.17) is 0 Å². The van der Waals surface area contributed by atoms with Crippen LogP contribution in [0.3, 0.4) is 0 Å². The van der Waals surface area contributed by atoms with E-state index in [0.717, 1.165) is 5.56 Å². The van der Waals surface area contributed by atoms with Crippen LogP contribution in [-0.2, 0) is 10.8 Å². The van der Waals surface area contributed by atoms with Crippen molar-refractivity contribution in [2.45, 2.75) is 11.8 Å². The topological polar surface area (TPSA) is 17.1 Å². The SMILES string of the molecule is Cc1cccc(S(=O)CCF)c1. The van der Waals surface area contributed by atoms with Crippen molar-refractivity contribution in [2.75, 3.05) is 12.4 Å². The summed E-state index contributed by atoms with van der Waals surface area (Å²) in [5.41, 5.74) is 1.06. The molecule has 0 N–H and O–H groups in total. The Balaban J connectivity index is 2.81. The first kappa shape index (κ1) is 9.39. The summed E-state index contributed by atoms with van der Waals surface area (Å²) in [6.45, 7) is 1.40. The predicted molar refractivity (Wildman–Crippen MR) is 48.4 cm³/mol. The summed E-state index contributed by atoms with van der Waals surface area (Å²) >= 11 is 0. The highest BCUT2D eigenvalue weighted by Gasteiger charge is 2.01. The molecule has 1 aromatic carbocycles. The van der Waals surface area contributed by atoms with Gasteiger partial charge >= 0.3 is 0 Å². The van der Waals surface area contributed by atoms with Crippen LogP contribution in [0.1, 0.15) is 5.56 Å². The molecule has 0 aliphatic carbocycles. The third-order valence-corrected chi connectivity index (χ3v) is 2.82. The van der Waals surface area contributed by atoms with Crippen molar-refractivity contribution in [1.29, 1.82) is 0 Å². The van der Waals surface area contributed by atoms with E-state index in [1.165, 1.54) is 0 Å². The number of aryl methyl sites for hydroxylation is 1. The fourth-order valence-corrected chi connectivity index (χ4v) is 1.87. The van der Waals surface area contributed by atoms with Crippen LogP contribution in [0.25, 0.3) is 0 Å². The molecule has 1 nitrogen and oxygen atoms in total. The molecular weight excluding hydrogens is 175 g/mol. The Morgan fingerprint density at radius 2 is 2.25 bits per heavy atom. The van der Waals surface area contributed by atoms with Crippen LogP contribution in [0, 0.1) is 6.92 Å². The van der Waals surface area contributed by atoms with E-state index in [-0.39, 0.29) is 5.75 Å². The Bertz CT molecular complexity index is 286. The molecule has 0 saturated heterocycles. The lowest BCUT2D eigenvalue weighted by Gasteiger charge is -1.99. The van der Waals surface area contributed by atoms with Crippen LogP contribution in [0.2, 0.25) is 0 Å². The molecule has 12 heavy (non-hydrogen) atoms. The number of hydrogen-bond donors (Lipinski definition) is 0. The monoisotopic (exact) mass is 186 g/mol. The molecule has 0 saturated carbocycles. The molecule has 0 heterocycles. The molecule has 0 amide bonds. The highest BCUT2D eigenvalue weighted by atomic mass is 32.2. The number of alkyl halides is 1. The maximum atomic E-state index is 11.8. The summed E-state index contributed by atoms with van der Waals surface area (Å²) in [6, 6.07) is 7.35. The smallest absolute Gasteiger partial charge is 0.101 e. The van der Waals surface area contributed by atoms with Crippen molar-refractivity contribution < 1.29 is 8.60 Å². The van der Waals surface area contributed by atoms with Gasteiger partial charge in [0.15, 0.2) is 0 Å². The van der Waals surface area contributed by atoms with Gasteiger partial charge in [-0.3, -0.25) is 8.60 Å². The summed E-state index contributed by atoms with van der Waals surface area (Å²) in [4.78, 5) is 0.715. The van der Waals surface area contributed by atoms with Crippen molar-refractivity contribution in [3.63, 3.8) is 0 Å². The van der Waals surface area contributed by atoms with E-state index in [2.05, 4.69) is 0 Å². The highest BCUT2D eigenvalue weighted by molar-refractivity contribution is 7.85. The number of rotatable bonds is 3. The van der Waals surface area contributed by atoms with Gasteiger partial charge in [-0.2, -0.15) is 0 Å². The largest absolute Gasteiger partial charge is 0.254 e. The van der Waals surface area contributed by atoms with Gasteiger partial charge in [0.2, 0.25) is 0 Å². The fraction of sp³-hybridized carbons (Fsp3) is 0.333. The first-order valence-corrected chi connectivity index (χ1v) is 5.07. The Labute approximate surface area is 74.1 Å². The molecule has 0 radical (unpaired) electrons. The lowest BCUT2D eigenvalue weighted by molar-refractivity contribution is 0.528. The summed E-state index contributed by atoms with van der Waals surface area (Å²) in [5.74, 6) is 0.101. The van der Waals surface area contributed by atoms with Gasteiger partial charge in [-0.1, -0.05) is 12.1 Å². The van der Waals surface area contributed by atoms with Gasteiger partial charge in [-0.15, -0.1) is 0 Å². The summed E-state index contributed by atoms with van der Waals surface area (Å²) < 4.78 is 23.1. The zero-order valence-corrected chi connectivity index (χ0v) is 7.73. The second kappa shape index (κ2) is 4.36. The third-order valence-electron chi connectivity index (χ3n) is 1.51. The standard InChI is InChI=1S/C9H11FOS/c1-8-3-2-4-9(7-8)12(11)6-5-10/h2-4,7H,5-6H2,1H3. The molecule has 1 atom stereocenters. The molecular formula is C9H11FOS. The van der Waals surface area contributed by atoms with E-state index in [9.17, 15) is 8.60 Å². The van der Waals surface area contributed by atoms with Gasteiger partial charge in [-0.05, 0) is 24.6 Å². The van der Waals surface area contributed by atoms with Crippen LogP contribution in [-0.4, -0.2) is 16.6 Å². The zero-order valence-electron chi connectivity index (χ0n) is 6.92. The van der Waals surface area contributed by atoms with Crippen LogP contribution < -0.4 is 0 Å². The van der Waals surface area contributed by atoms with Crippen LogP contribution in [0.4, 0.5) is 4.39 Å². The molecule has 1 unspecified atom stereocenters. The van der Waals surface area contributed by atoms with Crippen LogP contribution >= 0.6 is 0 Å². The van der Waals surface area contributed by atoms with Gasteiger partial charge in [0.25, 0.3) is 0 Å². The van der Waals surface area contributed by atoms with Crippen molar-refractivity contribution in [3.8, 4) is 0 Å². The van der Waals surface area contributed by atoms with Crippen LogP contribution in [0.15, 0.2) is 29.2 Å². The minimum Gasteiger partial charge on any atom is -0.254 e. The normalized spacial score (nSPS) is 12.8. The number of benzene rings is 1. The van der Waals surface area contributed by atoms with E-state index >= 15 is 0 Å². The van der Waals surface area contributed by atoms with Crippen molar-refractivity contribution >= 4 is 10.8 Å². The molecule has 3 heteroatoms. The van der Waals surface area contributed by atoms with Gasteiger partial charge in [-0.25, -0.2) is 0 Å². The van der Waals surface area contributed by atoms with Crippen LogP contribution in [0.5, 0.6) is 0 Å². The second-order valence-corrected chi connectivity index (χ2v) is 4.13. The second-order valence-electron chi connectivity index (χ2n) is 2.56. The fourth-order valence-electron chi connectivity index (χ4n) is 0.945. The molecule has 0 aliphatic rings. The van der Waals surface area contributed by atoms with Gasteiger partial charge in [0.1, 0.15) is 6.67 Å². The molecule has 0 spiro atoms. The first-order valence-electron chi connectivity index (χ1n) is 3.75. The van der Waals surface area contributed by atoms with Crippen molar-refractivity contribution in [1.82, 2.24) is 0 Å². The minimum absolute atomic E-state index is 0.101. The predicted octanol–water partition coefficient (Wildman–Crippen LogP) is 2.07. The van der Waals surface area contributed by atoms with Gasteiger partial charge in [0.05, 0.1) is 16.6 Å². The van der Waals surface area contributed by atoms with Crippen molar-refractivity contribution in [2.24, 2.45) is 0 Å². The van der Waals surface area contributed by atoms with E-state index < -0.39 is 17.5 Å². The zero-order chi connectivity index (χ0) is 8.97. The third kappa shape index (κ3) is 2.41. The van der Waals surface area contributed by atoms with Gasteiger partial charge in [0, 0.05) is 4.90 Å². The summed E-state index contributed by atoms with van der Waals surface area (Å²) in [5, 5.41) is 0. The average Bonchev–Trinajstić information content (AvgIpc) is 2.05. The minimum atomic E-state index is -1.17. The average molecular weight is 186 g/mol. The highest BCUT2D eigenvalue weighted by Crippen LogP contribution is 2.08. The molecule has 0 aliphatic heterocycles. The first-order chi connectivity index (χ1) is 5.74. The quantitative estimate of drug-likeness (QED) is 0.706. The van der Waals surface area contributed by atoms with E-state index in [1.807, 2.05) is 25.1 Å². The lowest BCUT2D eigenvalue weighted by atomic mass is 10.2. The Kier molecular flexibility index (Phi) is 3.41. The Morgan fingerprint density at radius 3 is 2.83 bits per heavy atom. The molecule has 0 fully saturated rings. The van der Waals surface area contributed by atoms with E-state index in [0.29, 0.717) is 4.90 Å². The molecule has 1 aromatic rings. The number of hydrogen-bond acceptors (Lipinski definition) is 1. The lowest BCUT2D eigenvalue weighted by Crippen LogP contribution is -1.99. The maximum Gasteiger partial charge on any atom is 0.101 e. The van der Waals surface area contributed by atoms with Gasteiger partial charge < -0.3 is 0 Å². The molecule has 0 aromatic heterocycles. The van der Waals surface area contributed by atoms with Crippen molar-refractivity contribution in [3.05, 3.63) is 29.8 Å². The molecule has 66 valence electrons. The summed E-state index contributed by atoms with van der Waals surface area (Å²) in [6.07, 6.45) is 0. The summed E-state index contributed by atoms with van der Waals surface area (Å²) in [7, 11) is -1.17.